The summed E-state index contributed by atoms with van der Waals surface area (Å²) in [7, 11) is 0. The van der Waals surface area contributed by atoms with Crippen LogP contribution in [0, 0.1) is 5.92 Å². The summed E-state index contributed by atoms with van der Waals surface area (Å²) in [6, 6.07) is 18.0. The average Bonchev–Trinajstić information content (AvgIpc) is 2.45. The summed E-state index contributed by atoms with van der Waals surface area (Å²) in [5.41, 5.74) is 1.37. The van der Waals surface area contributed by atoms with Crippen molar-refractivity contribution in [3.05, 3.63) is 60.2 Å². The molecule has 0 bridgehead atoms. The summed E-state index contributed by atoms with van der Waals surface area (Å²) in [5, 5.41) is 0. The molecule has 0 N–H and O–H groups in total. The van der Waals surface area contributed by atoms with Crippen molar-refractivity contribution in [1.82, 2.24) is 0 Å². The van der Waals surface area contributed by atoms with E-state index >= 15 is 0 Å². The van der Waals surface area contributed by atoms with Crippen molar-refractivity contribution in [2.45, 2.75) is 25.2 Å². The van der Waals surface area contributed by atoms with Gasteiger partial charge < -0.3 is 9.53 Å². The summed E-state index contributed by atoms with van der Waals surface area (Å²) < 4.78 is 5.87. The molecule has 0 amide bonds. The number of rotatable bonds is 4. The molecule has 0 aliphatic heterocycles. The highest BCUT2D eigenvalue weighted by atomic mass is 16.5. The second-order valence-electron chi connectivity index (χ2n) is 5.81. The Morgan fingerprint density at radius 3 is 2.45 bits per heavy atom. The SMILES string of the molecule is CC1(c2cccc(Oc3ccccc3)c2)CC(C=O)C1. The minimum absolute atomic E-state index is 0.113. The zero-order valence-electron chi connectivity index (χ0n) is 11.6. The lowest BCUT2D eigenvalue weighted by atomic mass is 9.60. The van der Waals surface area contributed by atoms with E-state index < -0.39 is 0 Å². The molecule has 0 atom stereocenters. The predicted molar refractivity (Wildman–Crippen MR) is 79.1 cm³/mol. The molecule has 2 nitrogen and oxygen atoms in total. The van der Waals surface area contributed by atoms with Crippen LogP contribution < -0.4 is 4.74 Å². The molecular formula is C18H18O2. The molecule has 1 aliphatic carbocycles. The van der Waals surface area contributed by atoms with Gasteiger partial charge >= 0.3 is 0 Å². The van der Waals surface area contributed by atoms with Gasteiger partial charge in [0, 0.05) is 5.92 Å². The number of carbonyl (C=O) groups is 1. The first-order valence-corrected chi connectivity index (χ1v) is 6.98. The molecule has 0 saturated heterocycles. The zero-order chi connectivity index (χ0) is 14.0. The van der Waals surface area contributed by atoms with Gasteiger partial charge in [0.25, 0.3) is 0 Å². The number of ether oxygens (including phenoxy) is 1. The molecule has 1 aliphatic rings. The maximum absolute atomic E-state index is 10.8. The van der Waals surface area contributed by atoms with E-state index in [1.165, 1.54) is 5.56 Å². The number of para-hydroxylation sites is 1. The summed E-state index contributed by atoms with van der Waals surface area (Å²) in [4.78, 5) is 10.8. The predicted octanol–water partition coefficient (Wildman–Crippen LogP) is 4.35. The van der Waals surface area contributed by atoms with Crippen LogP contribution in [-0.4, -0.2) is 6.29 Å². The fourth-order valence-electron chi connectivity index (χ4n) is 2.99. The maximum atomic E-state index is 10.8. The first-order chi connectivity index (χ1) is 9.69. The highest BCUT2D eigenvalue weighted by Crippen LogP contribution is 2.47. The Hall–Kier alpha value is -2.09. The van der Waals surface area contributed by atoms with Gasteiger partial charge in [0.1, 0.15) is 17.8 Å². The van der Waals surface area contributed by atoms with E-state index in [-0.39, 0.29) is 11.3 Å². The van der Waals surface area contributed by atoms with Crippen LogP contribution in [0.3, 0.4) is 0 Å². The van der Waals surface area contributed by atoms with Crippen molar-refractivity contribution in [2.24, 2.45) is 5.92 Å². The molecule has 0 aromatic heterocycles. The van der Waals surface area contributed by atoms with Crippen LogP contribution in [0.15, 0.2) is 54.6 Å². The Bertz CT molecular complexity index is 598. The van der Waals surface area contributed by atoms with Gasteiger partial charge in [-0.05, 0) is 48.1 Å². The first kappa shape index (κ1) is 12.9. The Morgan fingerprint density at radius 1 is 1.05 bits per heavy atom. The first-order valence-electron chi connectivity index (χ1n) is 6.98. The van der Waals surface area contributed by atoms with Crippen LogP contribution in [0.2, 0.25) is 0 Å². The molecule has 102 valence electrons. The number of aldehydes is 1. The van der Waals surface area contributed by atoms with Crippen LogP contribution in [0.25, 0.3) is 0 Å². The Kier molecular flexibility index (Phi) is 3.31. The topological polar surface area (TPSA) is 26.3 Å². The molecule has 0 spiro atoms. The highest BCUT2D eigenvalue weighted by molar-refractivity contribution is 5.57. The van der Waals surface area contributed by atoms with Crippen molar-refractivity contribution in [2.75, 3.05) is 0 Å². The molecule has 2 heteroatoms. The van der Waals surface area contributed by atoms with E-state index in [4.69, 9.17) is 4.74 Å². The quantitative estimate of drug-likeness (QED) is 0.769. The fourth-order valence-corrected chi connectivity index (χ4v) is 2.99. The molecule has 20 heavy (non-hydrogen) atoms. The molecular weight excluding hydrogens is 248 g/mol. The van der Waals surface area contributed by atoms with Crippen molar-refractivity contribution >= 4 is 6.29 Å². The average molecular weight is 266 g/mol. The van der Waals surface area contributed by atoms with Crippen molar-refractivity contribution < 1.29 is 9.53 Å². The van der Waals surface area contributed by atoms with E-state index in [1.54, 1.807) is 0 Å². The molecule has 2 aromatic rings. The minimum Gasteiger partial charge on any atom is -0.457 e. The van der Waals surface area contributed by atoms with Gasteiger partial charge in [-0.1, -0.05) is 37.3 Å². The lowest BCUT2D eigenvalue weighted by molar-refractivity contribution is -0.115. The van der Waals surface area contributed by atoms with Gasteiger partial charge in [-0.3, -0.25) is 0 Å². The molecule has 1 saturated carbocycles. The van der Waals surface area contributed by atoms with Gasteiger partial charge in [-0.2, -0.15) is 0 Å². The van der Waals surface area contributed by atoms with Gasteiger partial charge in [-0.25, -0.2) is 0 Å². The maximum Gasteiger partial charge on any atom is 0.127 e. The van der Waals surface area contributed by atoms with Gasteiger partial charge in [-0.15, -0.1) is 0 Å². The summed E-state index contributed by atoms with van der Waals surface area (Å²) in [6.07, 6.45) is 2.95. The highest BCUT2D eigenvalue weighted by Gasteiger charge is 2.41. The number of hydrogen-bond donors (Lipinski definition) is 0. The van der Waals surface area contributed by atoms with Crippen LogP contribution in [0.4, 0.5) is 0 Å². The van der Waals surface area contributed by atoms with Crippen molar-refractivity contribution in [3.63, 3.8) is 0 Å². The molecule has 2 aromatic carbocycles. The molecule has 0 unspecified atom stereocenters. The number of hydrogen-bond acceptors (Lipinski definition) is 2. The van der Waals surface area contributed by atoms with Gasteiger partial charge in [0.05, 0.1) is 0 Å². The Labute approximate surface area is 119 Å². The lowest BCUT2D eigenvalue weighted by Gasteiger charge is -2.43. The summed E-state index contributed by atoms with van der Waals surface area (Å²) >= 11 is 0. The third-order valence-corrected chi connectivity index (χ3v) is 4.13. The minimum atomic E-state index is 0.113. The fraction of sp³-hybridized carbons (Fsp3) is 0.278. The van der Waals surface area contributed by atoms with Crippen molar-refractivity contribution in [1.29, 1.82) is 0 Å². The number of benzene rings is 2. The largest absolute Gasteiger partial charge is 0.457 e. The Morgan fingerprint density at radius 2 is 1.75 bits per heavy atom. The molecule has 1 fully saturated rings. The Balaban J connectivity index is 1.78. The van der Waals surface area contributed by atoms with Crippen LogP contribution >= 0.6 is 0 Å². The molecule has 0 radical (unpaired) electrons. The second-order valence-corrected chi connectivity index (χ2v) is 5.81. The second kappa shape index (κ2) is 5.12. The van der Waals surface area contributed by atoms with E-state index in [2.05, 4.69) is 19.1 Å². The van der Waals surface area contributed by atoms with E-state index in [0.29, 0.717) is 0 Å². The smallest absolute Gasteiger partial charge is 0.127 e. The summed E-state index contributed by atoms with van der Waals surface area (Å²) in [5.74, 6) is 1.91. The standard InChI is InChI=1S/C18H18O2/c1-18(11-14(12-18)13-19)15-6-5-9-17(10-15)20-16-7-3-2-4-8-16/h2-10,13-14H,11-12H2,1H3. The van der Waals surface area contributed by atoms with Crippen LogP contribution in [0.5, 0.6) is 11.5 Å². The van der Waals surface area contributed by atoms with Crippen molar-refractivity contribution in [3.8, 4) is 11.5 Å². The third-order valence-electron chi connectivity index (χ3n) is 4.13. The monoisotopic (exact) mass is 266 g/mol. The number of carbonyl (C=O) groups excluding carboxylic acids is 1. The van der Waals surface area contributed by atoms with Gasteiger partial charge in [0.15, 0.2) is 0 Å². The molecule has 0 heterocycles. The third kappa shape index (κ3) is 2.46. The van der Waals surface area contributed by atoms with E-state index in [0.717, 1.165) is 30.6 Å². The summed E-state index contributed by atoms with van der Waals surface area (Å²) in [6.45, 7) is 2.22. The van der Waals surface area contributed by atoms with Gasteiger partial charge in [0.2, 0.25) is 0 Å². The zero-order valence-corrected chi connectivity index (χ0v) is 11.6. The normalized spacial score (nSPS) is 24.8. The lowest BCUT2D eigenvalue weighted by Crippen LogP contribution is -2.39. The van der Waals surface area contributed by atoms with E-state index in [1.807, 2.05) is 42.5 Å². The van der Waals surface area contributed by atoms with E-state index in [9.17, 15) is 4.79 Å². The molecule has 3 rings (SSSR count). The van der Waals surface area contributed by atoms with Crippen LogP contribution in [0.1, 0.15) is 25.3 Å². The van der Waals surface area contributed by atoms with Crippen LogP contribution in [-0.2, 0) is 10.2 Å².